The summed E-state index contributed by atoms with van der Waals surface area (Å²) in [6, 6.07) is 7.21. The SMILES string of the molecule is CC(CC(=O)Nc1cccc(C(=O)N2CCOCC2)c1)C1CCCNC1.Cl. The van der Waals surface area contributed by atoms with E-state index in [0.29, 0.717) is 55.8 Å². The number of benzene rings is 1. The van der Waals surface area contributed by atoms with Crippen molar-refractivity contribution in [3.05, 3.63) is 29.8 Å². The highest BCUT2D eigenvalue weighted by atomic mass is 35.5. The molecule has 0 aliphatic carbocycles. The summed E-state index contributed by atoms with van der Waals surface area (Å²) < 4.78 is 5.29. The second-order valence-corrected chi connectivity index (χ2v) is 7.32. The number of hydrogen-bond donors (Lipinski definition) is 2. The fraction of sp³-hybridized carbons (Fsp3) is 0.600. The Hall–Kier alpha value is -1.63. The van der Waals surface area contributed by atoms with E-state index in [4.69, 9.17) is 4.74 Å². The molecule has 3 rings (SSSR count). The van der Waals surface area contributed by atoms with Crippen LogP contribution in [0.5, 0.6) is 0 Å². The van der Waals surface area contributed by atoms with Gasteiger partial charge in [0.05, 0.1) is 13.2 Å². The fourth-order valence-electron chi connectivity index (χ4n) is 3.71. The molecule has 7 heteroatoms. The number of amides is 2. The summed E-state index contributed by atoms with van der Waals surface area (Å²) in [5.74, 6) is 0.912. The van der Waals surface area contributed by atoms with Crippen LogP contribution in [0.15, 0.2) is 24.3 Å². The minimum absolute atomic E-state index is 0. The minimum atomic E-state index is -0.00829. The van der Waals surface area contributed by atoms with Gasteiger partial charge in [0, 0.05) is 30.8 Å². The summed E-state index contributed by atoms with van der Waals surface area (Å²) >= 11 is 0. The first-order chi connectivity index (χ1) is 12.6. The van der Waals surface area contributed by atoms with E-state index in [0.717, 1.165) is 13.1 Å². The number of carbonyl (C=O) groups is 2. The average molecular weight is 396 g/mol. The van der Waals surface area contributed by atoms with Crippen molar-refractivity contribution in [1.29, 1.82) is 0 Å². The van der Waals surface area contributed by atoms with Gasteiger partial charge in [-0.15, -0.1) is 12.4 Å². The van der Waals surface area contributed by atoms with Gasteiger partial charge in [-0.3, -0.25) is 9.59 Å². The van der Waals surface area contributed by atoms with Crippen LogP contribution >= 0.6 is 12.4 Å². The van der Waals surface area contributed by atoms with E-state index in [9.17, 15) is 9.59 Å². The van der Waals surface area contributed by atoms with Crippen molar-refractivity contribution in [2.75, 3.05) is 44.7 Å². The van der Waals surface area contributed by atoms with Gasteiger partial charge in [-0.2, -0.15) is 0 Å². The van der Waals surface area contributed by atoms with Crippen LogP contribution in [0.4, 0.5) is 5.69 Å². The van der Waals surface area contributed by atoms with Crippen LogP contribution in [0.3, 0.4) is 0 Å². The molecule has 1 aromatic rings. The van der Waals surface area contributed by atoms with Gasteiger partial charge in [-0.25, -0.2) is 0 Å². The van der Waals surface area contributed by atoms with E-state index >= 15 is 0 Å². The zero-order valence-corrected chi connectivity index (χ0v) is 16.7. The van der Waals surface area contributed by atoms with Gasteiger partial charge >= 0.3 is 0 Å². The Morgan fingerprint density at radius 3 is 2.81 bits per heavy atom. The zero-order valence-electron chi connectivity index (χ0n) is 15.9. The number of anilines is 1. The monoisotopic (exact) mass is 395 g/mol. The van der Waals surface area contributed by atoms with Crippen molar-refractivity contribution in [3.63, 3.8) is 0 Å². The van der Waals surface area contributed by atoms with E-state index in [1.807, 2.05) is 12.1 Å². The van der Waals surface area contributed by atoms with Gasteiger partial charge in [0.1, 0.15) is 0 Å². The number of rotatable bonds is 5. The molecular weight excluding hydrogens is 366 g/mol. The van der Waals surface area contributed by atoms with Crippen molar-refractivity contribution in [3.8, 4) is 0 Å². The summed E-state index contributed by atoms with van der Waals surface area (Å²) in [5.41, 5.74) is 1.29. The second-order valence-electron chi connectivity index (χ2n) is 7.32. The standard InChI is InChI=1S/C20H29N3O3.ClH/c1-15(17-5-3-7-21-14-17)12-19(24)22-18-6-2-4-16(13-18)20(25)23-8-10-26-11-9-23;/h2,4,6,13,15,17,21H,3,5,7-12,14H2,1H3,(H,22,24);1H. The summed E-state index contributed by atoms with van der Waals surface area (Å²) in [6.07, 6.45) is 2.88. The molecule has 27 heavy (non-hydrogen) atoms. The maximum atomic E-state index is 12.6. The third kappa shape index (κ3) is 6.19. The number of carbonyl (C=O) groups excluding carboxylic acids is 2. The molecule has 1 aromatic carbocycles. The lowest BCUT2D eigenvalue weighted by molar-refractivity contribution is -0.117. The van der Waals surface area contributed by atoms with Gasteiger partial charge in [-0.05, 0) is 56.0 Å². The predicted molar refractivity (Wildman–Crippen MR) is 108 cm³/mol. The molecule has 0 spiro atoms. The number of morpholine rings is 1. The maximum Gasteiger partial charge on any atom is 0.254 e. The summed E-state index contributed by atoms with van der Waals surface area (Å²) in [4.78, 5) is 26.8. The highest BCUT2D eigenvalue weighted by Crippen LogP contribution is 2.23. The zero-order chi connectivity index (χ0) is 18.4. The van der Waals surface area contributed by atoms with Crippen LogP contribution in [-0.4, -0.2) is 56.1 Å². The van der Waals surface area contributed by atoms with E-state index in [1.165, 1.54) is 12.8 Å². The molecule has 2 N–H and O–H groups in total. The van der Waals surface area contributed by atoms with Crippen LogP contribution in [0.1, 0.15) is 36.5 Å². The molecule has 2 fully saturated rings. The predicted octanol–water partition coefficient (Wildman–Crippen LogP) is 2.55. The first-order valence-electron chi connectivity index (χ1n) is 9.61. The quantitative estimate of drug-likeness (QED) is 0.803. The number of nitrogens with one attached hydrogen (secondary N) is 2. The van der Waals surface area contributed by atoms with Crippen LogP contribution in [0.2, 0.25) is 0 Å². The largest absolute Gasteiger partial charge is 0.378 e. The molecule has 6 nitrogen and oxygen atoms in total. The number of hydrogen-bond acceptors (Lipinski definition) is 4. The highest BCUT2D eigenvalue weighted by molar-refractivity contribution is 5.97. The number of ether oxygens (including phenoxy) is 1. The Morgan fingerprint density at radius 1 is 1.33 bits per heavy atom. The maximum absolute atomic E-state index is 12.6. The molecule has 2 atom stereocenters. The minimum Gasteiger partial charge on any atom is -0.378 e. The molecule has 0 saturated carbocycles. The number of nitrogens with zero attached hydrogens (tertiary/aromatic N) is 1. The van der Waals surface area contributed by atoms with Crippen LogP contribution in [0.25, 0.3) is 0 Å². The Labute approximate surface area is 167 Å². The van der Waals surface area contributed by atoms with E-state index in [1.54, 1.807) is 17.0 Å². The molecule has 2 aliphatic heterocycles. The van der Waals surface area contributed by atoms with Crippen LogP contribution < -0.4 is 10.6 Å². The molecule has 2 saturated heterocycles. The second kappa shape index (κ2) is 10.6. The lowest BCUT2D eigenvalue weighted by atomic mass is 9.85. The Bertz CT molecular complexity index is 629. The number of piperidine rings is 1. The lowest BCUT2D eigenvalue weighted by Gasteiger charge is -2.28. The molecule has 2 unspecified atom stereocenters. The summed E-state index contributed by atoms with van der Waals surface area (Å²) in [6.45, 7) is 6.61. The van der Waals surface area contributed by atoms with Gasteiger partial charge < -0.3 is 20.3 Å². The molecule has 2 aliphatic rings. The Kier molecular flexibility index (Phi) is 8.54. The van der Waals surface area contributed by atoms with E-state index < -0.39 is 0 Å². The first-order valence-corrected chi connectivity index (χ1v) is 9.61. The molecular formula is C20H30ClN3O3. The number of halogens is 1. The summed E-state index contributed by atoms with van der Waals surface area (Å²) in [5, 5.41) is 6.36. The van der Waals surface area contributed by atoms with Crippen molar-refractivity contribution in [2.24, 2.45) is 11.8 Å². The smallest absolute Gasteiger partial charge is 0.254 e. The third-order valence-electron chi connectivity index (χ3n) is 5.34. The van der Waals surface area contributed by atoms with Gasteiger partial charge in [-0.1, -0.05) is 13.0 Å². The first kappa shape index (κ1) is 21.7. The molecule has 0 aromatic heterocycles. The molecule has 2 heterocycles. The van der Waals surface area contributed by atoms with Crippen LogP contribution in [0, 0.1) is 11.8 Å². The van der Waals surface area contributed by atoms with Gasteiger partial charge in [0.2, 0.25) is 5.91 Å². The molecule has 0 bridgehead atoms. The van der Waals surface area contributed by atoms with Crippen molar-refractivity contribution in [1.82, 2.24) is 10.2 Å². The van der Waals surface area contributed by atoms with Crippen molar-refractivity contribution in [2.45, 2.75) is 26.2 Å². The highest BCUT2D eigenvalue weighted by Gasteiger charge is 2.22. The Balaban J connectivity index is 0.00000261. The lowest BCUT2D eigenvalue weighted by Crippen LogP contribution is -2.40. The summed E-state index contributed by atoms with van der Waals surface area (Å²) in [7, 11) is 0. The van der Waals surface area contributed by atoms with Crippen molar-refractivity contribution >= 4 is 29.9 Å². The van der Waals surface area contributed by atoms with Gasteiger partial charge in [0.25, 0.3) is 5.91 Å². The molecule has 2 amide bonds. The average Bonchev–Trinajstić information content (AvgIpc) is 2.69. The van der Waals surface area contributed by atoms with E-state index in [-0.39, 0.29) is 24.2 Å². The molecule has 150 valence electrons. The van der Waals surface area contributed by atoms with Gasteiger partial charge in [0.15, 0.2) is 0 Å². The Morgan fingerprint density at radius 2 is 2.11 bits per heavy atom. The normalized spacial score (nSPS) is 21.1. The van der Waals surface area contributed by atoms with E-state index in [2.05, 4.69) is 17.6 Å². The topological polar surface area (TPSA) is 70.7 Å². The third-order valence-corrected chi connectivity index (χ3v) is 5.34. The van der Waals surface area contributed by atoms with Crippen molar-refractivity contribution < 1.29 is 14.3 Å². The molecule has 0 radical (unpaired) electrons. The van der Waals surface area contributed by atoms with Crippen LogP contribution in [-0.2, 0) is 9.53 Å². The fourth-order valence-corrected chi connectivity index (χ4v) is 3.71.